The molecule has 0 spiro atoms. The van der Waals surface area contributed by atoms with Gasteiger partial charge < -0.3 is 9.29 Å². The summed E-state index contributed by atoms with van der Waals surface area (Å²) in [5.74, 6) is 0.300. The first-order valence-corrected chi connectivity index (χ1v) is 7.94. The minimum Gasteiger partial charge on any atom is -0.508 e. The zero-order chi connectivity index (χ0) is 15.7. The quantitative estimate of drug-likeness (QED) is 0.882. The third-order valence-corrected chi connectivity index (χ3v) is 4.28. The largest absolute Gasteiger partial charge is 0.508 e. The van der Waals surface area contributed by atoms with Crippen LogP contribution in [0.15, 0.2) is 53.4 Å². The molecule has 2 rings (SSSR count). The maximum absolute atomic E-state index is 12.2. The van der Waals surface area contributed by atoms with Crippen LogP contribution in [-0.4, -0.2) is 13.5 Å². The lowest BCUT2D eigenvalue weighted by molar-refractivity contribution is 0.441. The van der Waals surface area contributed by atoms with E-state index in [1.807, 2.05) is 20.8 Å². The van der Waals surface area contributed by atoms with E-state index in [9.17, 15) is 13.5 Å². The van der Waals surface area contributed by atoms with Gasteiger partial charge in [0, 0.05) is 5.56 Å². The van der Waals surface area contributed by atoms with Gasteiger partial charge in [0.05, 0.1) is 0 Å². The van der Waals surface area contributed by atoms with Crippen LogP contribution in [0.2, 0.25) is 0 Å². The molecule has 0 atom stereocenters. The summed E-state index contributed by atoms with van der Waals surface area (Å²) in [4.78, 5) is 0.0929. The molecule has 0 aromatic heterocycles. The smallest absolute Gasteiger partial charge is 0.339 e. The third-order valence-electron chi connectivity index (χ3n) is 3.01. The van der Waals surface area contributed by atoms with Crippen LogP contribution in [0, 0.1) is 0 Å². The van der Waals surface area contributed by atoms with E-state index in [1.54, 1.807) is 24.3 Å². The number of rotatable bonds is 3. The molecular formula is C16H18O4S. The van der Waals surface area contributed by atoms with E-state index in [4.69, 9.17) is 4.18 Å². The Kier molecular flexibility index (Phi) is 3.96. The van der Waals surface area contributed by atoms with Crippen LogP contribution in [0.25, 0.3) is 0 Å². The SMILES string of the molecule is CC(C)(C)c1cc(OS(=O)(=O)c2ccccc2)ccc1O. The van der Waals surface area contributed by atoms with Gasteiger partial charge in [0.2, 0.25) is 0 Å². The normalized spacial score (nSPS) is 12.1. The summed E-state index contributed by atoms with van der Waals surface area (Å²) in [5, 5.41) is 9.88. The highest BCUT2D eigenvalue weighted by atomic mass is 32.2. The minimum absolute atomic E-state index is 0.0929. The lowest BCUT2D eigenvalue weighted by Gasteiger charge is -2.21. The van der Waals surface area contributed by atoms with Crippen LogP contribution in [0.3, 0.4) is 0 Å². The zero-order valence-corrected chi connectivity index (χ0v) is 13.0. The van der Waals surface area contributed by atoms with Crippen LogP contribution in [0.5, 0.6) is 11.5 Å². The van der Waals surface area contributed by atoms with Crippen LogP contribution >= 0.6 is 0 Å². The average Bonchev–Trinajstić information content (AvgIpc) is 2.40. The predicted molar refractivity (Wildman–Crippen MR) is 81.1 cm³/mol. The Hall–Kier alpha value is -2.01. The van der Waals surface area contributed by atoms with E-state index in [0.717, 1.165) is 0 Å². The van der Waals surface area contributed by atoms with Crippen molar-refractivity contribution in [2.75, 3.05) is 0 Å². The fourth-order valence-corrected chi connectivity index (χ4v) is 2.87. The Labute approximate surface area is 125 Å². The Bertz CT molecular complexity index is 729. The number of aromatic hydroxyl groups is 1. The van der Waals surface area contributed by atoms with Crippen molar-refractivity contribution in [3.8, 4) is 11.5 Å². The Morgan fingerprint density at radius 2 is 1.62 bits per heavy atom. The van der Waals surface area contributed by atoms with E-state index in [2.05, 4.69) is 0 Å². The second-order valence-corrected chi connectivity index (χ2v) is 7.33. The van der Waals surface area contributed by atoms with Crippen LogP contribution in [-0.2, 0) is 15.5 Å². The summed E-state index contributed by atoms with van der Waals surface area (Å²) >= 11 is 0. The monoisotopic (exact) mass is 306 g/mol. The predicted octanol–water partition coefficient (Wildman–Crippen LogP) is 3.46. The van der Waals surface area contributed by atoms with Crippen molar-refractivity contribution < 1.29 is 17.7 Å². The Balaban J connectivity index is 2.37. The Morgan fingerprint density at radius 1 is 1.00 bits per heavy atom. The van der Waals surface area contributed by atoms with Gasteiger partial charge in [0.1, 0.15) is 16.4 Å². The number of phenolic OH excluding ortho intramolecular Hbond substituents is 1. The topological polar surface area (TPSA) is 63.6 Å². The summed E-state index contributed by atoms with van der Waals surface area (Å²) in [7, 11) is -3.87. The molecule has 21 heavy (non-hydrogen) atoms. The molecule has 0 saturated heterocycles. The maximum atomic E-state index is 12.2. The van der Waals surface area contributed by atoms with Gasteiger partial charge in [-0.25, -0.2) is 0 Å². The molecule has 0 saturated carbocycles. The number of benzene rings is 2. The molecule has 5 heteroatoms. The summed E-state index contributed by atoms with van der Waals surface area (Å²) in [5.41, 5.74) is 0.309. The average molecular weight is 306 g/mol. The molecule has 0 fully saturated rings. The van der Waals surface area contributed by atoms with E-state index in [1.165, 1.54) is 24.3 Å². The standard InChI is InChI=1S/C16H18O4S/c1-16(2,3)14-11-12(9-10-15(14)17)20-21(18,19)13-7-5-4-6-8-13/h4-11,17H,1-3H3. The fourth-order valence-electron chi connectivity index (χ4n) is 1.93. The second kappa shape index (κ2) is 5.41. The molecule has 4 nitrogen and oxygen atoms in total. The summed E-state index contributed by atoms with van der Waals surface area (Å²) in [6.45, 7) is 5.78. The van der Waals surface area contributed by atoms with Gasteiger partial charge >= 0.3 is 10.1 Å². The van der Waals surface area contributed by atoms with Gasteiger partial charge in [-0.3, -0.25) is 0 Å². The summed E-state index contributed by atoms with van der Waals surface area (Å²) < 4.78 is 29.5. The van der Waals surface area contributed by atoms with E-state index < -0.39 is 10.1 Å². The molecule has 2 aromatic carbocycles. The van der Waals surface area contributed by atoms with Crippen molar-refractivity contribution in [1.29, 1.82) is 0 Å². The van der Waals surface area contributed by atoms with E-state index >= 15 is 0 Å². The summed E-state index contributed by atoms with van der Waals surface area (Å²) in [6.07, 6.45) is 0. The van der Waals surface area contributed by atoms with E-state index in [0.29, 0.717) is 5.56 Å². The van der Waals surface area contributed by atoms with Gasteiger partial charge in [-0.05, 0) is 35.7 Å². The molecule has 0 aliphatic heterocycles. The Morgan fingerprint density at radius 3 is 2.19 bits per heavy atom. The highest BCUT2D eigenvalue weighted by molar-refractivity contribution is 7.87. The molecule has 0 radical (unpaired) electrons. The van der Waals surface area contributed by atoms with Crippen LogP contribution in [0.1, 0.15) is 26.3 Å². The maximum Gasteiger partial charge on any atom is 0.339 e. The lowest BCUT2D eigenvalue weighted by atomic mass is 9.86. The number of phenols is 1. The third kappa shape index (κ3) is 3.55. The van der Waals surface area contributed by atoms with Gasteiger partial charge in [-0.15, -0.1) is 0 Å². The molecule has 2 aromatic rings. The molecule has 0 aliphatic carbocycles. The molecule has 0 heterocycles. The first kappa shape index (κ1) is 15.4. The zero-order valence-electron chi connectivity index (χ0n) is 12.2. The lowest BCUT2D eigenvalue weighted by Crippen LogP contribution is -2.13. The van der Waals surface area contributed by atoms with Crippen molar-refractivity contribution in [1.82, 2.24) is 0 Å². The number of hydrogen-bond donors (Lipinski definition) is 1. The van der Waals surface area contributed by atoms with Gasteiger partial charge in [-0.2, -0.15) is 8.42 Å². The molecule has 1 N–H and O–H groups in total. The van der Waals surface area contributed by atoms with Gasteiger partial charge in [0.15, 0.2) is 0 Å². The van der Waals surface area contributed by atoms with Crippen molar-refractivity contribution in [3.05, 3.63) is 54.1 Å². The molecule has 0 bridgehead atoms. The molecule has 112 valence electrons. The first-order valence-electron chi connectivity index (χ1n) is 6.53. The van der Waals surface area contributed by atoms with Crippen molar-refractivity contribution in [3.63, 3.8) is 0 Å². The van der Waals surface area contributed by atoms with Crippen molar-refractivity contribution >= 4 is 10.1 Å². The first-order chi connectivity index (χ1) is 9.70. The highest BCUT2D eigenvalue weighted by Gasteiger charge is 2.21. The van der Waals surface area contributed by atoms with Crippen LogP contribution in [0.4, 0.5) is 0 Å². The molecular weight excluding hydrogens is 288 g/mol. The molecule has 0 unspecified atom stereocenters. The van der Waals surface area contributed by atoms with Crippen LogP contribution < -0.4 is 4.18 Å². The minimum atomic E-state index is -3.87. The molecule has 0 aliphatic rings. The van der Waals surface area contributed by atoms with E-state index in [-0.39, 0.29) is 21.8 Å². The van der Waals surface area contributed by atoms with Crippen molar-refractivity contribution in [2.24, 2.45) is 0 Å². The second-order valence-electron chi connectivity index (χ2n) is 5.78. The number of hydrogen-bond acceptors (Lipinski definition) is 4. The van der Waals surface area contributed by atoms with Gasteiger partial charge in [0.25, 0.3) is 0 Å². The summed E-state index contributed by atoms with van der Waals surface area (Å²) in [6, 6.07) is 12.4. The van der Waals surface area contributed by atoms with Crippen molar-refractivity contribution in [2.45, 2.75) is 31.1 Å². The highest BCUT2D eigenvalue weighted by Crippen LogP contribution is 2.34. The fraction of sp³-hybridized carbons (Fsp3) is 0.250. The van der Waals surface area contributed by atoms with Gasteiger partial charge in [-0.1, -0.05) is 39.0 Å². The molecule has 0 amide bonds.